The second-order valence-electron chi connectivity index (χ2n) is 7.34. The molecule has 0 saturated heterocycles. The lowest BCUT2D eigenvalue weighted by Gasteiger charge is -2.11. The van der Waals surface area contributed by atoms with Gasteiger partial charge in [-0.2, -0.15) is 0 Å². The molecule has 0 aliphatic heterocycles. The van der Waals surface area contributed by atoms with Crippen LogP contribution >= 0.6 is 0 Å². The number of aliphatic hydroxyl groups excluding tert-OH is 1. The molecule has 0 radical (unpaired) electrons. The second kappa shape index (κ2) is 14.3. The van der Waals surface area contributed by atoms with Crippen molar-refractivity contribution in [1.82, 2.24) is 5.32 Å². The number of carbonyl (C=O) groups excluding carboxylic acids is 2. The third-order valence-electron chi connectivity index (χ3n) is 4.77. The zero-order valence-electron chi connectivity index (χ0n) is 18.6. The van der Waals surface area contributed by atoms with Crippen molar-refractivity contribution in [3.05, 3.63) is 65.3 Å². The van der Waals surface area contributed by atoms with Crippen molar-refractivity contribution >= 4 is 12.3 Å². The van der Waals surface area contributed by atoms with E-state index in [-0.39, 0.29) is 11.8 Å². The molecule has 0 aromatic heterocycles. The normalized spacial score (nSPS) is 14.4. The molecule has 2 atom stereocenters. The van der Waals surface area contributed by atoms with E-state index in [1.165, 1.54) is 5.57 Å². The molecule has 5 nitrogen and oxygen atoms in total. The van der Waals surface area contributed by atoms with E-state index in [1.54, 1.807) is 13.8 Å². The highest BCUT2D eigenvalue weighted by Gasteiger charge is 2.12. The van der Waals surface area contributed by atoms with Gasteiger partial charge >= 0.3 is 0 Å². The summed E-state index contributed by atoms with van der Waals surface area (Å²) in [7, 11) is 0. The summed E-state index contributed by atoms with van der Waals surface area (Å²) in [5, 5.41) is 11.9. The lowest BCUT2D eigenvalue weighted by molar-refractivity contribution is -0.128. The molecular formula is C25H35NO4. The van der Waals surface area contributed by atoms with Crippen molar-refractivity contribution in [2.45, 2.75) is 59.5 Å². The summed E-state index contributed by atoms with van der Waals surface area (Å²) >= 11 is 0. The number of imide groups is 1. The van der Waals surface area contributed by atoms with Gasteiger partial charge in [0.05, 0.1) is 12.7 Å². The number of amides is 2. The Bertz CT molecular complexity index is 745. The molecule has 0 aliphatic carbocycles. The molecule has 5 heteroatoms. The van der Waals surface area contributed by atoms with Crippen LogP contribution in [0.3, 0.4) is 0 Å². The smallest absolute Gasteiger partial charge is 0.229 e. The topological polar surface area (TPSA) is 75.6 Å². The average molecular weight is 414 g/mol. The molecule has 164 valence electrons. The minimum absolute atomic E-state index is 0.274. The maximum atomic E-state index is 11.7. The average Bonchev–Trinajstić information content (AvgIpc) is 2.73. The summed E-state index contributed by atoms with van der Waals surface area (Å²) in [6.07, 6.45) is 11.5. The van der Waals surface area contributed by atoms with Gasteiger partial charge in [0, 0.05) is 12.3 Å². The number of nitrogens with one attached hydrogen (secondary N) is 1. The lowest BCUT2D eigenvalue weighted by atomic mass is 10.0. The number of allylic oxidation sites excluding steroid dienone is 3. The fraction of sp³-hybridized carbons (Fsp3) is 0.440. The van der Waals surface area contributed by atoms with Gasteiger partial charge in [-0.15, -0.1) is 0 Å². The Kier molecular flexibility index (Phi) is 12.1. The Morgan fingerprint density at radius 1 is 1.20 bits per heavy atom. The van der Waals surface area contributed by atoms with Crippen LogP contribution < -0.4 is 10.1 Å². The first-order chi connectivity index (χ1) is 14.4. The Morgan fingerprint density at radius 2 is 1.90 bits per heavy atom. The first kappa shape index (κ1) is 25.4. The van der Waals surface area contributed by atoms with Gasteiger partial charge in [0.2, 0.25) is 12.3 Å². The summed E-state index contributed by atoms with van der Waals surface area (Å²) < 4.78 is 5.88. The van der Waals surface area contributed by atoms with Crippen LogP contribution in [0, 0.1) is 5.92 Å². The molecule has 1 aromatic carbocycles. The minimum Gasteiger partial charge on any atom is -0.493 e. The largest absolute Gasteiger partial charge is 0.493 e. The predicted octanol–water partition coefficient (Wildman–Crippen LogP) is 4.52. The molecule has 1 rings (SSSR count). The zero-order chi connectivity index (χ0) is 22.4. The number of hydrogen-bond acceptors (Lipinski definition) is 4. The van der Waals surface area contributed by atoms with E-state index in [2.05, 4.69) is 24.4 Å². The van der Waals surface area contributed by atoms with E-state index in [0.717, 1.165) is 36.1 Å². The first-order valence-corrected chi connectivity index (χ1v) is 10.6. The van der Waals surface area contributed by atoms with Crippen LogP contribution in [0.1, 0.15) is 52.5 Å². The van der Waals surface area contributed by atoms with Gasteiger partial charge < -0.3 is 9.84 Å². The number of carbonyl (C=O) groups is 2. The Morgan fingerprint density at radius 3 is 2.47 bits per heavy atom. The quantitative estimate of drug-likeness (QED) is 0.368. The van der Waals surface area contributed by atoms with Gasteiger partial charge in [-0.05, 0) is 55.5 Å². The number of benzene rings is 1. The van der Waals surface area contributed by atoms with E-state index in [9.17, 15) is 14.7 Å². The van der Waals surface area contributed by atoms with Crippen molar-refractivity contribution < 1.29 is 19.4 Å². The van der Waals surface area contributed by atoms with Gasteiger partial charge in [0.1, 0.15) is 5.75 Å². The highest BCUT2D eigenvalue weighted by molar-refractivity contribution is 5.87. The van der Waals surface area contributed by atoms with Gasteiger partial charge in [-0.25, -0.2) is 0 Å². The van der Waals surface area contributed by atoms with Crippen LogP contribution in [0.4, 0.5) is 0 Å². The number of ether oxygens (including phenoxy) is 1. The molecule has 0 fully saturated rings. The highest BCUT2D eigenvalue weighted by Crippen LogP contribution is 2.17. The molecule has 2 unspecified atom stereocenters. The Balaban J connectivity index is 2.61. The molecule has 2 N–H and O–H groups in total. The van der Waals surface area contributed by atoms with Crippen LogP contribution in [-0.4, -0.2) is 30.1 Å². The molecule has 0 spiro atoms. The lowest BCUT2D eigenvalue weighted by Crippen LogP contribution is -2.28. The van der Waals surface area contributed by atoms with Gasteiger partial charge in [-0.1, -0.05) is 56.7 Å². The van der Waals surface area contributed by atoms with Crippen molar-refractivity contribution in [3.63, 3.8) is 0 Å². The number of rotatable bonds is 13. The Hall–Kier alpha value is -2.66. The third-order valence-corrected chi connectivity index (χ3v) is 4.77. The zero-order valence-corrected chi connectivity index (χ0v) is 18.6. The first-order valence-electron chi connectivity index (χ1n) is 10.6. The van der Waals surface area contributed by atoms with Gasteiger partial charge in [0.15, 0.2) is 0 Å². The number of aliphatic hydroxyl groups is 1. The minimum atomic E-state index is -0.485. The van der Waals surface area contributed by atoms with Crippen molar-refractivity contribution in [2.75, 3.05) is 6.61 Å². The summed E-state index contributed by atoms with van der Waals surface area (Å²) in [4.78, 5) is 22.0. The monoisotopic (exact) mass is 413 g/mol. The van der Waals surface area contributed by atoms with E-state index in [0.29, 0.717) is 19.4 Å². The van der Waals surface area contributed by atoms with Crippen molar-refractivity contribution in [2.24, 2.45) is 5.92 Å². The highest BCUT2D eigenvalue weighted by atomic mass is 16.5. The summed E-state index contributed by atoms with van der Waals surface area (Å²) in [6, 6.07) is 7.68. The van der Waals surface area contributed by atoms with Crippen molar-refractivity contribution in [3.8, 4) is 5.75 Å². The van der Waals surface area contributed by atoms with E-state index in [4.69, 9.17) is 4.74 Å². The van der Waals surface area contributed by atoms with Crippen LogP contribution in [0.5, 0.6) is 5.75 Å². The maximum absolute atomic E-state index is 11.7. The molecule has 0 bridgehead atoms. The summed E-state index contributed by atoms with van der Waals surface area (Å²) in [5.74, 6) is 0.228. The van der Waals surface area contributed by atoms with Crippen LogP contribution in [-0.2, 0) is 16.0 Å². The van der Waals surface area contributed by atoms with Gasteiger partial charge in [0.25, 0.3) is 0 Å². The summed E-state index contributed by atoms with van der Waals surface area (Å²) in [6.45, 7) is 8.17. The molecular weight excluding hydrogens is 378 g/mol. The number of unbranched alkanes of at least 4 members (excludes halogenated alkanes) is 1. The Labute approximate surface area is 180 Å². The van der Waals surface area contributed by atoms with Crippen molar-refractivity contribution in [1.29, 1.82) is 0 Å². The molecule has 0 aliphatic rings. The maximum Gasteiger partial charge on any atom is 0.229 e. The van der Waals surface area contributed by atoms with E-state index >= 15 is 0 Å². The standard InChI is InChI=1S/C25H35NO4/c1-5-7-8-21(9-12-23(6-2)20(4)28)15-16-30-24-13-10-22(11-14-24)17-19(3)25(29)26-18-27/h6,8-14,18-20,28H,5,7,15-17H2,1-4H3,(H,26,27,29)/b12-9-,21-8-,23-6+. The predicted molar refractivity (Wildman–Crippen MR) is 121 cm³/mol. The SMILES string of the molecule is C\C=C(/C=C\C(=C\CCC)CCOc1ccc(CC(C)C(=O)NC=O)cc1)C(C)O. The molecule has 30 heavy (non-hydrogen) atoms. The molecule has 2 amide bonds. The molecule has 1 aromatic rings. The molecule has 0 heterocycles. The fourth-order valence-corrected chi connectivity index (χ4v) is 2.92. The van der Waals surface area contributed by atoms with Crippen LogP contribution in [0.25, 0.3) is 0 Å². The number of hydrogen-bond donors (Lipinski definition) is 2. The van der Waals surface area contributed by atoms with E-state index in [1.807, 2.05) is 43.3 Å². The molecule has 0 saturated carbocycles. The van der Waals surface area contributed by atoms with E-state index < -0.39 is 6.10 Å². The third kappa shape index (κ3) is 9.70. The second-order valence-corrected chi connectivity index (χ2v) is 7.34. The van der Waals surface area contributed by atoms with Crippen LogP contribution in [0.2, 0.25) is 0 Å². The summed E-state index contributed by atoms with van der Waals surface area (Å²) in [5.41, 5.74) is 3.09. The van der Waals surface area contributed by atoms with Gasteiger partial charge in [-0.3, -0.25) is 14.9 Å². The van der Waals surface area contributed by atoms with Crippen LogP contribution in [0.15, 0.2) is 59.7 Å². The fourth-order valence-electron chi connectivity index (χ4n) is 2.92.